The van der Waals surface area contributed by atoms with Gasteiger partial charge in [-0.3, -0.25) is 9.59 Å². The number of nitrogens with zero attached hydrogens (tertiary/aromatic N) is 2. The van der Waals surface area contributed by atoms with Gasteiger partial charge in [0.15, 0.2) is 5.78 Å². The number of fused-ring (bicyclic) bond motifs is 1. The van der Waals surface area contributed by atoms with Crippen molar-refractivity contribution in [2.24, 2.45) is 5.41 Å². The molecule has 4 rings (SSSR count). The molecule has 0 unspecified atom stereocenters. The number of ketones is 1. The molecule has 6 nitrogen and oxygen atoms in total. The van der Waals surface area contributed by atoms with Crippen LogP contribution in [0.2, 0.25) is 0 Å². The minimum Gasteiger partial charge on any atom is -0.495 e. The zero-order valence-corrected chi connectivity index (χ0v) is 17.7. The minimum absolute atomic E-state index is 0.0119. The smallest absolute Gasteiger partial charge is 0.270 e. The van der Waals surface area contributed by atoms with Gasteiger partial charge in [0.05, 0.1) is 12.8 Å². The number of ether oxygens (including phenoxy) is 1. The molecule has 0 saturated carbocycles. The first-order chi connectivity index (χ1) is 13.8. The van der Waals surface area contributed by atoms with Crippen LogP contribution in [0, 0.1) is 12.3 Å². The number of hydrogen-bond donors (Lipinski definition) is 1. The van der Waals surface area contributed by atoms with Gasteiger partial charge in [-0.05, 0) is 36.5 Å². The second kappa shape index (κ2) is 7.25. The number of benzene rings is 1. The van der Waals surface area contributed by atoms with Crippen LogP contribution in [-0.4, -0.2) is 54.9 Å². The molecule has 0 atom stereocenters. The molecule has 1 aliphatic carbocycles. The number of hydrogen-bond acceptors (Lipinski definition) is 4. The lowest BCUT2D eigenvalue weighted by molar-refractivity contribution is 0.0740. The van der Waals surface area contributed by atoms with E-state index in [1.54, 1.807) is 7.11 Å². The standard InChI is InChI=1S/C23H29N3O3/c1-15-20-16(13-23(2,3)14-18(20)27)24-21(15)22(28)26-11-9-25(10-12-26)17-7-5-6-8-19(17)29-4/h5-8,24H,9-14H2,1-4H3. The number of nitrogens with one attached hydrogen (secondary N) is 1. The molecule has 1 aliphatic heterocycles. The Hall–Kier alpha value is -2.76. The zero-order chi connectivity index (χ0) is 20.8. The fourth-order valence-corrected chi connectivity index (χ4v) is 4.65. The summed E-state index contributed by atoms with van der Waals surface area (Å²) < 4.78 is 5.47. The maximum Gasteiger partial charge on any atom is 0.270 e. The second-order valence-electron chi connectivity index (χ2n) is 8.87. The molecule has 2 aromatic rings. The summed E-state index contributed by atoms with van der Waals surface area (Å²) in [5, 5.41) is 0. The summed E-state index contributed by atoms with van der Waals surface area (Å²) in [5.41, 5.74) is 4.02. The number of rotatable bonds is 3. The van der Waals surface area contributed by atoms with E-state index in [-0.39, 0.29) is 17.1 Å². The molecule has 1 fully saturated rings. The summed E-state index contributed by atoms with van der Waals surface area (Å²) in [7, 11) is 1.68. The Balaban J connectivity index is 1.50. The van der Waals surface area contributed by atoms with Crippen LogP contribution in [0.3, 0.4) is 0 Å². The number of aromatic nitrogens is 1. The highest BCUT2D eigenvalue weighted by molar-refractivity contribution is 6.04. The van der Waals surface area contributed by atoms with Gasteiger partial charge in [-0.15, -0.1) is 0 Å². The fourth-order valence-electron chi connectivity index (χ4n) is 4.65. The number of methoxy groups -OCH3 is 1. The lowest BCUT2D eigenvalue weighted by atomic mass is 9.75. The first-order valence-corrected chi connectivity index (χ1v) is 10.2. The van der Waals surface area contributed by atoms with E-state index in [4.69, 9.17) is 4.74 Å². The van der Waals surface area contributed by atoms with Crippen molar-refractivity contribution in [3.8, 4) is 5.75 Å². The van der Waals surface area contributed by atoms with E-state index in [1.165, 1.54) is 0 Å². The molecule has 29 heavy (non-hydrogen) atoms. The highest BCUT2D eigenvalue weighted by Crippen LogP contribution is 2.37. The average molecular weight is 396 g/mol. The van der Waals surface area contributed by atoms with E-state index >= 15 is 0 Å². The quantitative estimate of drug-likeness (QED) is 0.865. The van der Waals surface area contributed by atoms with E-state index in [9.17, 15) is 9.59 Å². The molecule has 1 saturated heterocycles. The Morgan fingerprint density at radius 2 is 1.79 bits per heavy atom. The molecule has 154 valence electrons. The van der Waals surface area contributed by atoms with Crippen LogP contribution in [0.15, 0.2) is 24.3 Å². The normalized spacial score (nSPS) is 18.6. The van der Waals surface area contributed by atoms with Gasteiger partial charge >= 0.3 is 0 Å². The molecule has 6 heteroatoms. The first kappa shape index (κ1) is 19.6. The van der Waals surface area contributed by atoms with E-state index in [0.717, 1.165) is 47.8 Å². The maximum atomic E-state index is 13.2. The van der Waals surface area contributed by atoms with Gasteiger partial charge in [0.2, 0.25) is 0 Å². The number of carbonyl (C=O) groups excluding carboxylic acids is 2. The van der Waals surface area contributed by atoms with Crippen LogP contribution >= 0.6 is 0 Å². The molecule has 0 spiro atoms. The van der Waals surface area contributed by atoms with Crippen molar-refractivity contribution in [2.45, 2.75) is 33.6 Å². The zero-order valence-electron chi connectivity index (χ0n) is 17.7. The summed E-state index contributed by atoms with van der Waals surface area (Å²) in [6.45, 7) is 8.86. The third-order valence-corrected chi connectivity index (χ3v) is 6.11. The van der Waals surface area contributed by atoms with Crippen molar-refractivity contribution in [1.29, 1.82) is 0 Å². The third-order valence-electron chi connectivity index (χ3n) is 6.11. The van der Waals surface area contributed by atoms with Crippen molar-refractivity contribution < 1.29 is 14.3 Å². The van der Waals surface area contributed by atoms with Gasteiger partial charge in [0.25, 0.3) is 5.91 Å². The Kier molecular flexibility index (Phi) is 4.89. The SMILES string of the molecule is COc1ccccc1N1CCN(C(=O)c2[nH]c3c(c2C)C(=O)CC(C)(C)C3)CC1. The van der Waals surface area contributed by atoms with Crippen LogP contribution in [0.1, 0.15) is 52.4 Å². The second-order valence-corrected chi connectivity index (χ2v) is 8.87. The monoisotopic (exact) mass is 395 g/mol. The number of carbonyl (C=O) groups is 2. The molecule has 0 bridgehead atoms. The molecule has 1 N–H and O–H groups in total. The lowest BCUT2D eigenvalue weighted by Gasteiger charge is -2.36. The number of amides is 1. The van der Waals surface area contributed by atoms with Gasteiger partial charge in [-0.25, -0.2) is 0 Å². The van der Waals surface area contributed by atoms with E-state index in [0.29, 0.717) is 25.2 Å². The third kappa shape index (κ3) is 3.52. The highest BCUT2D eigenvalue weighted by Gasteiger charge is 2.36. The van der Waals surface area contributed by atoms with Crippen LogP contribution in [-0.2, 0) is 6.42 Å². The number of anilines is 1. The van der Waals surface area contributed by atoms with Crippen LogP contribution in [0.4, 0.5) is 5.69 Å². The van der Waals surface area contributed by atoms with Gasteiger partial charge in [-0.2, -0.15) is 0 Å². The minimum atomic E-state index is -0.0674. The van der Waals surface area contributed by atoms with Crippen molar-refractivity contribution in [3.05, 3.63) is 46.8 Å². The van der Waals surface area contributed by atoms with Crippen LogP contribution < -0.4 is 9.64 Å². The molecule has 0 radical (unpaired) electrons. The van der Waals surface area contributed by atoms with E-state index in [2.05, 4.69) is 23.7 Å². The highest BCUT2D eigenvalue weighted by atomic mass is 16.5. The Labute approximate surface area is 171 Å². The summed E-state index contributed by atoms with van der Waals surface area (Å²) in [6.07, 6.45) is 1.33. The van der Waals surface area contributed by atoms with Gasteiger partial charge in [-0.1, -0.05) is 26.0 Å². The van der Waals surface area contributed by atoms with E-state index in [1.807, 2.05) is 36.1 Å². The Bertz CT molecular complexity index is 952. The number of Topliss-reactive ketones (excluding diaryl/α,β-unsaturated/α-hetero) is 1. The molecular weight excluding hydrogens is 366 g/mol. The van der Waals surface area contributed by atoms with E-state index < -0.39 is 0 Å². The first-order valence-electron chi connectivity index (χ1n) is 10.2. The molecule has 1 amide bonds. The molecular formula is C23H29N3O3. The predicted molar refractivity (Wildman–Crippen MR) is 113 cm³/mol. The number of para-hydroxylation sites is 2. The Morgan fingerprint density at radius 3 is 2.48 bits per heavy atom. The average Bonchev–Trinajstić information content (AvgIpc) is 3.02. The predicted octanol–water partition coefficient (Wildman–Crippen LogP) is 3.45. The number of aromatic amines is 1. The topological polar surface area (TPSA) is 65.6 Å². The maximum absolute atomic E-state index is 13.2. The van der Waals surface area contributed by atoms with Crippen LogP contribution in [0.5, 0.6) is 5.75 Å². The van der Waals surface area contributed by atoms with Crippen molar-refractivity contribution in [3.63, 3.8) is 0 Å². The molecule has 1 aromatic heterocycles. The Morgan fingerprint density at radius 1 is 1.10 bits per heavy atom. The number of piperazine rings is 1. The molecule has 2 aliphatic rings. The molecule has 1 aromatic carbocycles. The summed E-state index contributed by atoms with van der Waals surface area (Å²) in [6, 6.07) is 7.96. The summed E-state index contributed by atoms with van der Waals surface area (Å²) >= 11 is 0. The van der Waals surface area contributed by atoms with Crippen molar-refractivity contribution in [1.82, 2.24) is 9.88 Å². The summed E-state index contributed by atoms with van der Waals surface area (Å²) in [4.78, 5) is 33.3. The number of H-pyrrole nitrogens is 1. The molecule has 2 heterocycles. The van der Waals surface area contributed by atoms with Gasteiger partial charge in [0, 0.05) is 43.9 Å². The fraction of sp³-hybridized carbons (Fsp3) is 0.478. The van der Waals surface area contributed by atoms with Crippen molar-refractivity contribution in [2.75, 3.05) is 38.2 Å². The van der Waals surface area contributed by atoms with Crippen molar-refractivity contribution >= 4 is 17.4 Å². The van der Waals surface area contributed by atoms with Crippen LogP contribution in [0.25, 0.3) is 0 Å². The largest absolute Gasteiger partial charge is 0.495 e. The van der Waals surface area contributed by atoms with Gasteiger partial charge in [0.1, 0.15) is 11.4 Å². The van der Waals surface area contributed by atoms with Gasteiger partial charge < -0.3 is 19.5 Å². The summed E-state index contributed by atoms with van der Waals surface area (Å²) in [5.74, 6) is 0.980. The lowest BCUT2D eigenvalue weighted by Crippen LogP contribution is -2.49.